The van der Waals surface area contributed by atoms with Gasteiger partial charge in [0.2, 0.25) is 0 Å². The van der Waals surface area contributed by atoms with Crippen molar-refractivity contribution in [3.63, 3.8) is 0 Å². The Bertz CT molecular complexity index is 191. The smallest absolute Gasteiger partial charge is 0.147 e. The number of hydrogen-bond donors (Lipinski definition) is 2. The summed E-state index contributed by atoms with van der Waals surface area (Å²) in [5.74, 6) is 0.412. The zero-order valence-electron chi connectivity index (χ0n) is 7.42. The maximum absolute atomic E-state index is 11.1. The lowest BCUT2D eigenvalue weighted by Gasteiger charge is -2.17. The molecule has 3 N–H and O–H groups in total. The van der Waals surface area contributed by atoms with Gasteiger partial charge in [-0.25, -0.2) is 0 Å². The Kier molecular flexibility index (Phi) is 3.00. The number of carbonyl (C=O) groups excluding carboxylic acids is 1. The van der Waals surface area contributed by atoms with Crippen LogP contribution in [0.25, 0.3) is 0 Å². The van der Waals surface area contributed by atoms with Gasteiger partial charge in [-0.1, -0.05) is 6.08 Å². The standard InChI is InChI=1S/C9H16N2O/c1-3-4-7-8(10)5-11-9(7)6(2)12/h3,7-9,11H,1,4-5,10H2,2H3/t7-,8+,9-/m1/s1. The Morgan fingerprint density at radius 3 is 3.00 bits per heavy atom. The van der Waals surface area contributed by atoms with E-state index >= 15 is 0 Å². The Balaban J connectivity index is 2.63. The van der Waals surface area contributed by atoms with Crippen molar-refractivity contribution in [1.82, 2.24) is 5.32 Å². The summed E-state index contributed by atoms with van der Waals surface area (Å²) in [4.78, 5) is 11.1. The van der Waals surface area contributed by atoms with Crippen LogP contribution in [0.4, 0.5) is 0 Å². The van der Waals surface area contributed by atoms with E-state index in [1.165, 1.54) is 0 Å². The lowest BCUT2D eigenvalue weighted by molar-refractivity contribution is -0.119. The molecule has 1 saturated heterocycles. The Morgan fingerprint density at radius 2 is 2.50 bits per heavy atom. The molecule has 0 aliphatic carbocycles. The van der Waals surface area contributed by atoms with E-state index in [2.05, 4.69) is 11.9 Å². The number of Topliss-reactive ketones (excluding diaryl/α,β-unsaturated/α-hetero) is 1. The summed E-state index contributed by atoms with van der Waals surface area (Å²) >= 11 is 0. The first kappa shape index (κ1) is 9.42. The fraction of sp³-hybridized carbons (Fsp3) is 0.667. The Morgan fingerprint density at radius 1 is 1.83 bits per heavy atom. The van der Waals surface area contributed by atoms with Crippen LogP contribution in [0, 0.1) is 5.92 Å². The zero-order valence-corrected chi connectivity index (χ0v) is 7.42. The highest BCUT2D eigenvalue weighted by atomic mass is 16.1. The van der Waals surface area contributed by atoms with Gasteiger partial charge in [-0.05, 0) is 13.3 Å². The number of hydrogen-bond acceptors (Lipinski definition) is 3. The van der Waals surface area contributed by atoms with E-state index in [0.29, 0.717) is 0 Å². The van der Waals surface area contributed by atoms with Crippen molar-refractivity contribution in [3.8, 4) is 0 Å². The lowest BCUT2D eigenvalue weighted by atomic mass is 9.91. The van der Waals surface area contributed by atoms with Crippen molar-refractivity contribution in [2.45, 2.75) is 25.4 Å². The topological polar surface area (TPSA) is 55.1 Å². The van der Waals surface area contributed by atoms with E-state index in [-0.39, 0.29) is 23.8 Å². The molecule has 3 nitrogen and oxygen atoms in total. The number of carbonyl (C=O) groups is 1. The van der Waals surface area contributed by atoms with Gasteiger partial charge in [0.1, 0.15) is 5.78 Å². The number of nitrogens with one attached hydrogen (secondary N) is 1. The molecule has 1 aliphatic rings. The highest BCUT2D eigenvalue weighted by Crippen LogP contribution is 2.19. The van der Waals surface area contributed by atoms with Crippen LogP contribution in [0.2, 0.25) is 0 Å². The second-order valence-corrected chi connectivity index (χ2v) is 3.35. The van der Waals surface area contributed by atoms with Crippen LogP contribution < -0.4 is 11.1 Å². The van der Waals surface area contributed by atoms with Crippen LogP contribution >= 0.6 is 0 Å². The van der Waals surface area contributed by atoms with Crippen molar-refractivity contribution in [2.24, 2.45) is 11.7 Å². The number of allylic oxidation sites excluding steroid dienone is 1. The van der Waals surface area contributed by atoms with Crippen LogP contribution in [0.15, 0.2) is 12.7 Å². The minimum Gasteiger partial charge on any atom is -0.326 e. The molecule has 1 fully saturated rings. The van der Waals surface area contributed by atoms with Gasteiger partial charge < -0.3 is 11.1 Å². The zero-order chi connectivity index (χ0) is 9.14. The molecule has 68 valence electrons. The normalized spacial score (nSPS) is 35.0. The van der Waals surface area contributed by atoms with E-state index in [1.54, 1.807) is 6.92 Å². The van der Waals surface area contributed by atoms with Crippen molar-refractivity contribution in [1.29, 1.82) is 0 Å². The molecule has 1 heterocycles. The Hall–Kier alpha value is -0.670. The predicted octanol–water partition coefficient (Wildman–Crippen LogP) is 0.0668. The summed E-state index contributed by atoms with van der Waals surface area (Å²) in [6, 6.07) is 0.0369. The summed E-state index contributed by atoms with van der Waals surface area (Å²) in [6.45, 7) is 6.00. The average molecular weight is 168 g/mol. The highest BCUT2D eigenvalue weighted by Gasteiger charge is 2.34. The van der Waals surface area contributed by atoms with Gasteiger partial charge in [0, 0.05) is 18.5 Å². The second kappa shape index (κ2) is 3.83. The van der Waals surface area contributed by atoms with Crippen LogP contribution in [-0.4, -0.2) is 24.4 Å². The molecule has 0 aromatic heterocycles. The number of rotatable bonds is 3. The highest BCUT2D eigenvalue weighted by molar-refractivity contribution is 5.82. The van der Waals surface area contributed by atoms with Crippen molar-refractivity contribution in [3.05, 3.63) is 12.7 Å². The van der Waals surface area contributed by atoms with Crippen molar-refractivity contribution < 1.29 is 4.79 Å². The molecule has 1 aliphatic heterocycles. The first-order chi connectivity index (χ1) is 5.66. The molecule has 12 heavy (non-hydrogen) atoms. The molecule has 3 heteroatoms. The summed E-state index contributed by atoms with van der Waals surface area (Å²) in [5.41, 5.74) is 5.83. The number of ketones is 1. The minimum absolute atomic E-state index is 0.0574. The van der Waals surface area contributed by atoms with E-state index in [4.69, 9.17) is 5.73 Å². The molecule has 0 unspecified atom stereocenters. The molecule has 0 amide bonds. The quantitative estimate of drug-likeness (QED) is 0.586. The van der Waals surface area contributed by atoms with Gasteiger partial charge in [0.25, 0.3) is 0 Å². The van der Waals surface area contributed by atoms with Gasteiger partial charge in [-0.3, -0.25) is 4.79 Å². The average Bonchev–Trinajstić information content (AvgIpc) is 2.34. The van der Waals surface area contributed by atoms with Crippen LogP contribution in [0.1, 0.15) is 13.3 Å². The molecule has 0 bridgehead atoms. The van der Waals surface area contributed by atoms with Crippen LogP contribution in [0.3, 0.4) is 0 Å². The van der Waals surface area contributed by atoms with E-state index < -0.39 is 0 Å². The van der Waals surface area contributed by atoms with Crippen LogP contribution in [0.5, 0.6) is 0 Å². The molecular weight excluding hydrogens is 152 g/mol. The Labute approximate surface area is 73.0 Å². The fourth-order valence-electron chi connectivity index (χ4n) is 1.76. The maximum atomic E-state index is 11.1. The summed E-state index contributed by atoms with van der Waals surface area (Å²) in [5, 5.41) is 3.12. The molecular formula is C9H16N2O. The third kappa shape index (κ3) is 1.73. The fourth-order valence-corrected chi connectivity index (χ4v) is 1.76. The molecule has 1 rings (SSSR count). The molecule has 0 saturated carbocycles. The van der Waals surface area contributed by atoms with Gasteiger partial charge in [-0.2, -0.15) is 0 Å². The predicted molar refractivity (Wildman–Crippen MR) is 48.8 cm³/mol. The third-order valence-electron chi connectivity index (χ3n) is 2.43. The SMILES string of the molecule is C=CC[C@H]1[C@@H](C(C)=O)NC[C@@H]1N. The van der Waals surface area contributed by atoms with Gasteiger partial charge in [0.15, 0.2) is 0 Å². The van der Waals surface area contributed by atoms with E-state index in [1.807, 2.05) is 6.08 Å². The van der Waals surface area contributed by atoms with Gasteiger partial charge in [-0.15, -0.1) is 6.58 Å². The van der Waals surface area contributed by atoms with Gasteiger partial charge in [0.05, 0.1) is 6.04 Å². The molecule has 0 radical (unpaired) electrons. The minimum atomic E-state index is -0.0574. The van der Waals surface area contributed by atoms with Crippen molar-refractivity contribution in [2.75, 3.05) is 6.54 Å². The second-order valence-electron chi connectivity index (χ2n) is 3.35. The first-order valence-corrected chi connectivity index (χ1v) is 4.27. The molecule has 3 atom stereocenters. The maximum Gasteiger partial charge on any atom is 0.147 e. The third-order valence-corrected chi connectivity index (χ3v) is 2.43. The van der Waals surface area contributed by atoms with Gasteiger partial charge >= 0.3 is 0 Å². The van der Waals surface area contributed by atoms with Crippen LogP contribution in [-0.2, 0) is 4.79 Å². The molecule has 0 spiro atoms. The molecule has 0 aromatic carbocycles. The van der Waals surface area contributed by atoms with Crippen molar-refractivity contribution >= 4 is 5.78 Å². The largest absolute Gasteiger partial charge is 0.326 e. The molecule has 0 aromatic rings. The first-order valence-electron chi connectivity index (χ1n) is 4.27. The summed E-state index contributed by atoms with van der Waals surface area (Å²) in [7, 11) is 0. The van der Waals surface area contributed by atoms with E-state index in [9.17, 15) is 4.79 Å². The monoisotopic (exact) mass is 168 g/mol. The summed E-state index contributed by atoms with van der Waals surface area (Å²) in [6.07, 6.45) is 2.64. The summed E-state index contributed by atoms with van der Waals surface area (Å²) < 4.78 is 0. The van der Waals surface area contributed by atoms with E-state index in [0.717, 1.165) is 13.0 Å². The number of nitrogens with two attached hydrogens (primary N) is 1. The lowest BCUT2D eigenvalue weighted by Crippen LogP contribution is -2.36.